The van der Waals surface area contributed by atoms with Crippen molar-refractivity contribution in [2.24, 2.45) is 0 Å². The van der Waals surface area contributed by atoms with E-state index in [1.807, 2.05) is 38.1 Å². The van der Waals surface area contributed by atoms with Gasteiger partial charge in [0.2, 0.25) is 0 Å². The van der Waals surface area contributed by atoms with Gasteiger partial charge in [0.15, 0.2) is 0 Å². The Bertz CT molecular complexity index is 405. The molecule has 1 aromatic rings. The first-order chi connectivity index (χ1) is 8.30. The minimum absolute atomic E-state index is 0.682. The third-order valence-corrected chi connectivity index (χ3v) is 2.74. The molecule has 0 aliphatic rings. The highest BCUT2D eigenvalue weighted by molar-refractivity contribution is 8.03. The van der Waals surface area contributed by atoms with Gasteiger partial charge in [-0.15, -0.1) is 0 Å². The number of thioether (sulfide) groups is 1. The highest BCUT2D eigenvalue weighted by Crippen LogP contribution is 2.27. The molecule has 0 aromatic heterocycles. The van der Waals surface area contributed by atoms with E-state index in [0.29, 0.717) is 5.56 Å². The predicted octanol–water partition coefficient (Wildman–Crippen LogP) is 4.87. The van der Waals surface area contributed by atoms with E-state index in [1.54, 1.807) is 30.0 Å². The van der Waals surface area contributed by atoms with Gasteiger partial charge in [0.25, 0.3) is 0 Å². The molecule has 0 aliphatic heterocycles. The average molecular weight is 246 g/mol. The minimum atomic E-state index is 0.682. The van der Waals surface area contributed by atoms with Gasteiger partial charge in [-0.2, -0.15) is 0 Å². The van der Waals surface area contributed by atoms with E-state index in [0.717, 1.165) is 16.1 Å². The zero-order chi connectivity index (χ0) is 13.1. The Labute approximate surface area is 108 Å². The lowest BCUT2D eigenvalue weighted by atomic mass is 10.2. The first-order valence-corrected chi connectivity index (χ1v) is 6.30. The Morgan fingerprint density at radius 2 is 2.00 bits per heavy atom. The lowest BCUT2D eigenvalue weighted by Crippen LogP contribution is -1.79. The van der Waals surface area contributed by atoms with E-state index >= 15 is 0 Å². The first-order valence-electron chi connectivity index (χ1n) is 5.48. The Morgan fingerprint density at radius 1 is 1.29 bits per heavy atom. The number of hydrogen-bond donors (Lipinski definition) is 0. The number of carbonyl (C=O) groups excluding carboxylic acids is 1. The molecule has 0 spiro atoms. The molecule has 0 amide bonds. The van der Waals surface area contributed by atoms with Crippen molar-refractivity contribution in [2.75, 3.05) is 0 Å². The van der Waals surface area contributed by atoms with Gasteiger partial charge in [-0.25, -0.2) is 0 Å². The smallest absolute Gasteiger partial charge is 0.150 e. The Morgan fingerprint density at radius 3 is 2.53 bits per heavy atom. The zero-order valence-electron chi connectivity index (χ0n) is 10.3. The summed E-state index contributed by atoms with van der Waals surface area (Å²) in [6.45, 7) is 11.3. The zero-order valence-corrected chi connectivity index (χ0v) is 11.2. The second-order valence-corrected chi connectivity index (χ2v) is 3.95. The second kappa shape index (κ2) is 9.67. The largest absolute Gasteiger partial charge is 0.298 e. The van der Waals surface area contributed by atoms with Crippen LogP contribution in [0.5, 0.6) is 0 Å². The fourth-order valence-electron chi connectivity index (χ4n) is 1.05. The SMILES string of the molecule is C=C/C=C(\C=C)Sc1cccc(C=O)c1.CC. The van der Waals surface area contributed by atoms with Crippen molar-refractivity contribution in [2.45, 2.75) is 18.7 Å². The van der Waals surface area contributed by atoms with Crippen LogP contribution in [0.3, 0.4) is 0 Å². The van der Waals surface area contributed by atoms with Crippen LogP contribution in [0.15, 0.2) is 65.5 Å². The lowest BCUT2D eigenvalue weighted by Gasteiger charge is -2.01. The van der Waals surface area contributed by atoms with Crippen molar-refractivity contribution >= 4 is 18.0 Å². The van der Waals surface area contributed by atoms with Gasteiger partial charge in [-0.05, 0) is 18.2 Å². The minimum Gasteiger partial charge on any atom is -0.298 e. The van der Waals surface area contributed by atoms with Crippen LogP contribution in [0.25, 0.3) is 0 Å². The van der Waals surface area contributed by atoms with E-state index in [9.17, 15) is 4.79 Å². The second-order valence-electron chi connectivity index (χ2n) is 2.80. The molecule has 0 saturated heterocycles. The molecule has 1 rings (SSSR count). The third-order valence-electron chi connectivity index (χ3n) is 1.71. The van der Waals surface area contributed by atoms with Crippen molar-refractivity contribution in [3.63, 3.8) is 0 Å². The number of hydrogen-bond acceptors (Lipinski definition) is 2. The summed E-state index contributed by atoms with van der Waals surface area (Å²) in [5, 5.41) is 0. The van der Waals surface area contributed by atoms with Crippen LogP contribution in [0.2, 0.25) is 0 Å². The highest BCUT2D eigenvalue weighted by Gasteiger charge is 1.97. The van der Waals surface area contributed by atoms with E-state index in [2.05, 4.69) is 13.2 Å². The van der Waals surface area contributed by atoms with Crippen LogP contribution in [-0.4, -0.2) is 6.29 Å². The number of carbonyl (C=O) groups is 1. The van der Waals surface area contributed by atoms with E-state index in [4.69, 9.17) is 0 Å². The van der Waals surface area contributed by atoms with Gasteiger partial charge in [-0.1, -0.05) is 63.1 Å². The number of rotatable bonds is 5. The molecule has 0 N–H and O–H groups in total. The maximum absolute atomic E-state index is 10.6. The van der Waals surface area contributed by atoms with Crippen LogP contribution >= 0.6 is 11.8 Å². The first kappa shape index (κ1) is 15.5. The molecule has 90 valence electrons. The van der Waals surface area contributed by atoms with E-state index in [1.165, 1.54) is 0 Å². The molecule has 0 fully saturated rings. The van der Waals surface area contributed by atoms with Crippen LogP contribution in [-0.2, 0) is 0 Å². The van der Waals surface area contributed by atoms with Crippen molar-refractivity contribution in [1.29, 1.82) is 0 Å². The summed E-state index contributed by atoms with van der Waals surface area (Å²) >= 11 is 1.56. The molecule has 0 saturated carbocycles. The molecule has 0 aliphatic carbocycles. The number of aldehydes is 1. The van der Waals surface area contributed by atoms with Crippen LogP contribution in [0.1, 0.15) is 24.2 Å². The van der Waals surface area contributed by atoms with Gasteiger partial charge < -0.3 is 0 Å². The summed E-state index contributed by atoms with van der Waals surface area (Å²) in [6.07, 6.45) is 6.20. The van der Waals surface area contributed by atoms with Gasteiger partial charge in [0.05, 0.1) is 0 Å². The lowest BCUT2D eigenvalue weighted by molar-refractivity contribution is 0.112. The summed E-state index contributed by atoms with van der Waals surface area (Å²) < 4.78 is 0. The molecule has 0 bridgehead atoms. The average Bonchev–Trinajstić information content (AvgIpc) is 2.40. The molecule has 0 radical (unpaired) electrons. The van der Waals surface area contributed by atoms with Crippen LogP contribution in [0, 0.1) is 0 Å². The summed E-state index contributed by atoms with van der Waals surface area (Å²) in [5.74, 6) is 0. The van der Waals surface area contributed by atoms with Crippen molar-refractivity contribution in [1.82, 2.24) is 0 Å². The maximum Gasteiger partial charge on any atom is 0.150 e. The summed E-state index contributed by atoms with van der Waals surface area (Å²) in [7, 11) is 0. The molecular weight excluding hydrogens is 228 g/mol. The third kappa shape index (κ3) is 5.93. The molecular formula is C15H18OS. The topological polar surface area (TPSA) is 17.1 Å². The van der Waals surface area contributed by atoms with Crippen molar-refractivity contribution < 1.29 is 4.79 Å². The van der Waals surface area contributed by atoms with E-state index < -0.39 is 0 Å². The van der Waals surface area contributed by atoms with Gasteiger partial charge in [0.1, 0.15) is 6.29 Å². The van der Waals surface area contributed by atoms with Crippen molar-refractivity contribution in [3.05, 3.63) is 66.1 Å². The normalized spacial score (nSPS) is 9.88. The van der Waals surface area contributed by atoms with Crippen molar-refractivity contribution in [3.8, 4) is 0 Å². The van der Waals surface area contributed by atoms with Crippen LogP contribution < -0.4 is 0 Å². The molecule has 17 heavy (non-hydrogen) atoms. The molecule has 2 heteroatoms. The number of allylic oxidation sites excluding steroid dienone is 3. The predicted molar refractivity (Wildman–Crippen MR) is 77.5 cm³/mol. The maximum atomic E-state index is 10.6. The molecule has 0 atom stereocenters. The van der Waals surface area contributed by atoms with Gasteiger partial charge in [-0.3, -0.25) is 4.79 Å². The highest BCUT2D eigenvalue weighted by atomic mass is 32.2. The summed E-state index contributed by atoms with van der Waals surface area (Å²) in [5.41, 5.74) is 0.682. The van der Waals surface area contributed by atoms with E-state index in [-0.39, 0.29) is 0 Å². The number of benzene rings is 1. The Kier molecular flexibility index (Phi) is 8.79. The fourth-order valence-corrected chi connectivity index (χ4v) is 1.91. The molecule has 1 aromatic carbocycles. The summed E-state index contributed by atoms with van der Waals surface area (Å²) in [4.78, 5) is 12.6. The fraction of sp³-hybridized carbons (Fsp3) is 0.133. The molecule has 1 nitrogen and oxygen atoms in total. The quantitative estimate of drug-likeness (QED) is 0.419. The van der Waals surface area contributed by atoms with Gasteiger partial charge in [0, 0.05) is 15.4 Å². The monoisotopic (exact) mass is 246 g/mol. The Balaban J connectivity index is 0.00000121. The molecule has 0 heterocycles. The summed E-state index contributed by atoms with van der Waals surface area (Å²) in [6, 6.07) is 7.44. The Hall–Kier alpha value is -1.54. The van der Waals surface area contributed by atoms with Gasteiger partial charge >= 0.3 is 0 Å². The van der Waals surface area contributed by atoms with Crippen LogP contribution in [0.4, 0.5) is 0 Å². The molecule has 0 unspecified atom stereocenters. The standard InChI is InChI=1S/C13H12OS.C2H6/c1-3-6-12(4-2)15-13-8-5-7-11(9-13)10-14;1-2/h3-10H,1-2H2;1-2H3/b12-6+;.